The number of benzene rings is 1. The number of fused-ring (bicyclic) bond motifs is 1. The number of carbonyl (C=O) groups excluding carboxylic acids is 1. The van der Waals surface area contributed by atoms with Crippen LogP contribution in [0.25, 0.3) is 0 Å². The van der Waals surface area contributed by atoms with E-state index in [-0.39, 0.29) is 18.0 Å². The normalized spacial score (nSPS) is 14.5. The molecule has 0 fully saturated rings. The second-order valence-corrected chi connectivity index (χ2v) is 5.36. The fourth-order valence-electron chi connectivity index (χ4n) is 1.90. The molecule has 0 spiro atoms. The van der Waals surface area contributed by atoms with E-state index in [2.05, 4.69) is 6.92 Å². The van der Waals surface area contributed by atoms with Crippen molar-refractivity contribution in [1.82, 2.24) is 0 Å². The van der Waals surface area contributed by atoms with Crippen LogP contribution < -0.4 is 15.2 Å². The van der Waals surface area contributed by atoms with Gasteiger partial charge in [-0.15, -0.1) is 11.8 Å². The van der Waals surface area contributed by atoms with Gasteiger partial charge in [-0.05, 0) is 24.1 Å². The van der Waals surface area contributed by atoms with E-state index in [1.807, 2.05) is 18.2 Å². The van der Waals surface area contributed by atoms with Gasteiger partial charge in [-0.25, -0.2) is 0 Å². The van der Waals surface area contributed by atoms with Gasteiger partial charge < -0.3 is 15.2 Å². The molecule has 1 amide bonds. The molecule has 1 aromatic rings. The molecule has 98 valence electrons. The highest BCUT2D eigenvalue weighted by Gasteiger charge is 2.18. The van der Waals surface area contributed by atoms with Crippen LogP contribution in [0.2, 0.25) is 0 Å². The number of primary amides is 1. The van der Waals surface area contributed by atoms with Crippen LogP contribution in [0.3, 0.4) is 0 Å². The van der Waals surface area contributed by atoms with Crippen LogP contribution in [0.15, 0.2) is 18.2 Å². The van der Waals surface area contributed by atoms with Gasteiger partial charge in [0.1, 0.15) is 0 Å². The van der Waals surface area contributed by atoms with Crippen LogP contribution in [0, 0.1) is 0 Å². The monoisotopic (exact) mass is 267 g/mol. The molecule has 18 heavy (non-hydrogen) atoms. The van der Waals surface area contributed by atoms with E-state index in [0.717, 1.165) is 29.9 Å². The fraction of sp³-hybridized carbons (Fsp3) is 0.462. The summed E-state index contributed by atoms with van der Waals surface area (Å²) < 4.78 is 10.7. The number of hydrogen-bond donors (Lipinski definition) is 1. The van der Waals surface area contributed by atoms with E-state index >= 15 is 0 Å². The fourth-order valence-corrected chi connectivity index (χ4v) is 3.01. The number of thioether (sulfide) groups is 1. The molecular weight excluding hydrogens is 250 g/mol. The highest BCUT2D eigenvalue weighted by atomic mass is 32.2. The van der Waals surface area contributed by atoms with Crippen LogP contribution in [0.5, 0.6) is 11.5 Å². The van der Waals surface area contributed by atoms with Gasteiger partial charge in [0, 0.05) is 5.25 Å². The molecule has 1 atom stereocenters. The van der Waals surface area contributed by atoms with Gasteiger partial charge in [0.2, 0.25) is 12.7 Å². The molecule has 0 saturated heterocycles. The third-order valence-electron chi connectivity index (χ3n) is 2.75. The minimum atomic E-state index is -0.276. The van der Waals surface area contributed by atoms with E-state index < -0.39 is 0 Å². The highest BCUT2D eigenvalue weighted by molar-refractivity contribution is 8.00. The Bertz CT molecular complexity index is 436. The largest absolute Gasteiger partial charge is 0.454 e. The Morgan fingerprint density at radius 2 is 2.22 bits per heavy atom. The molecule has 2 N–H and O–H groups in total. The predicted octanol–water partition coefficient (Wildman–Crippen LogP) is 2.48. The third kappa shape index (κ3) is 3.10. The van der Waals surface area contributed by atoms with Gasteiger partial charge in [0.25, 0.3) is 0 Å². The number of rotatable bonds is 6. The van der Waals surface area contributed by atoms with Crippen LogP contribution >= 0.6 is 11.8 Å². The first-order valence-electron chi connectivity index (χ1n) is 6.00. The molecule has 1 unspecified atom stereocenters. The molecule has 1 aliphatic heterocycles. The maximum atomic E-state index is 10.9. The second-order valence-electron chi connectivity index (χ2n) is 4.17. The molecular formula is C13H17NO3S. The first-order valence-corrected chi connectivity index (χ1v) is 7.05. The molecule has 0 bridgehead atoms. The van der Waals surface area contributed by atoms with E-state index in [1.54, 1.807) is 11.8 Å². The number of nitrogens with two attached hydrogens (primary N) is 1. The zero-order valence-electron chi connectivity index (χ0n) is 10.3. The van der Waals surface area contributed by atoms with Gasteiger partial charge in [0.05, 0.1) is 5.75 Å². The lowest BCUT2D eigenvalue weighted by Gasteiger charge is -2.15. The summed E-state index contributed by atoms with van der Waals surface area (Å²) in [6.45, 7) is 2.41. The number of carbonyl (C=O) groups is 1. The van der Waals surface area contributed by atoms with E-state index in [9.17, 15) is 4.79 Å². The van der Waals surface area contributed by atoms with Crippen LogP contribution in [-0.4, -0.2) is 18.5 Å². The Morgan fingerprint density at radius 3 is 2.94 bits per heavy atom. The van der Waals surface area contributed by atoms with Gasteiger partial charge in [0.15, 0.2) is 11.5 Å². The van der Waals surface area contributed by atoms with Crippen molar-refractivity contribution < 1.29 is 14.3 Å². The SMILES string of the molecule is CCCC(SCC(N)=O)c1ccc2c(c1)OCO2. The molecule has 2 rings (SSSR count). The minimum absolute atomic E-state index is 0.275. The predicted molar refractivity (Wildman–Crippen MR) is 71.9 cm³/mol. The Kier molecular flexibility index (Phi) is 4.36. The molecule has 1 aliphatic rings. The van der Waals surface area contributed by atoms with Crippen molar-refractivity contribution in [2.75, 3.05) is 12.5 Å². The number of hydrogen-bond acceptors (Lipinski definition) is 4. The van der Waals surface area contributed by atoms with Crippen molar-refractivity contribution in [3.05, 3.63) is 23.8 Å². The lowest BCUT2D eigenvalue weighted by Crippen LogP contribution is -2.14. The Hall–Kier alpha value is -1.36. The van der Waals surface area contributed by atoms with Crippen molar-refractivity contribution in [3.8, 4) is 11.5 Å². The van der Waals surface area contributed by atoms with Gasteiger partial charge in [-0.1, -0.05) is 19.4 Å². The summed E-state index contributed by atoms with van der Waals surface area (Å²) in [6, 6.07) is 5.95. The Balaban J connectivity index is 2.11. The standard InChI is InChI=1S/C13H17NO3S/c1-2-3-12(18-7-13(14)15)9-4-5-10-11(6-9)17-8-16-10/h4-6,12H,2-3,7-8H2,1H3,(H2,14,15). The van der Waals surface area contributed by atoms with Crippen molar-refractivity contribution in [1.29, 1.82) is 0 Å². The zero-order valence-corrected chi connectivity index (χ0v) is 11.2. The molecule has 4 nitrogen and oxygen atoms in total. The quantitative estimate of drug-likeness (QED) is 0.860. The Morgan fingerprint density at radius 1 is 1.44 bits per heavy atom. The average molecular weight is 267 g/mol. The topological polar surface area (TPSA) is 61.6 Å². The summed E-state index contributed by atoms with van der Waals surface area (Å²) in [6.07, 6.45) is 2.07. The van der Waals surface area contributed by atoms with Crippen LogP contribution in [0.1, 0.15) is 30.6 Å². The van der Waals surface area contributed by atoms with Crippen molar-refractivity contribution >= 4 is 17.7 Å². The maximum Gasteiger partial charge on any atom is 0.231 e. The second kappa shape index (κ2) is 6.00. The van der Waals surface area contributed by atoms with Crippen molar-refractivity contribution in [3.63, 3.8) is 0 Å². The van der Waals surface area contributed by atoms with E-state index in [4.69, 9.17) is 15.2 Å². The van der Waals surface area contributed by atoms with Crippen molar-refractivity contribution in [2.24, 2.45) is 5.73 Å². The molecule has 1 heterocycles. The highest BCUT2D eigenvalue weighted by Crippen LogP contribution is 2.39. The van der Waals surface area contributed by atoms with Crippen LogP contribution in [0.4, 0.5) is 0 Å². The first-order chi connectivity index (χ1) is 8.70. The summed E-state index contributed by atoms with van der Waals surface area (Å²) in [7, 11) is 0. The summed E-state index contributed by atoms with van der Waals surface area (Å²) >= 11 is 1.58. The summed E-state index contributed by atoms with van der Waals surface area (Å²) in [5, 5.41) is 0.275. The molecule has 0 saturated carbocycles. The zero-order chi connectivity index (χ0) is 13.0. The molecule has 1 aromatic carbocycles. The molecule has 5 heteroatoms. The first kappa shape index (κ1) is 13.1. The maximum absolute atomic E-state index is 10.9. The average Bonchev–Trinajstić information content (AvgIpc) is 2.81. The van der Waals surface area contributed by atoms with E-state index in [1.165, 1.54) is 0 Å². The molecule has 0 aromatic heterocycles. The van der Waals surface area contributed by atoms with Crippen molar-refractivity contribution in [2.45, 2.75) is 25.0 Å². The molecule has 0 aliphatic carbocycles. The summed E-state index contributed by atoms with van der Waals surface area (Å²) in [4.78, 5) is 10.9. The van der Waals surface area contributed by atoms with E-state index in [0.29, 0.717) is 5.75 Å². The lowest BCUT2D eigenvalue weighted by atomic mass is 10.1. The molecule has 0 radical (unpaired) electrons. The summed E-state index contributed by atoms with van der Waals surface area (Å²) in [5.74, 6) is 1.64. The minimum Gasteiger partial charge on any atom is -0.454 e. The Labute approximate surface area is 111 Å². The van der Waals surface area contributed by atoms with Gasteiger partial charge in [-0.3, -0.25) is 4.79 Å². The summed E-state index contributed by atoms with van der Waals surface area (Å²) in [5.41, 5.74) is 6.36. The lowest BCUT2D eigenvalue weighted by molar-refractivity contribution is -0.115. The van der Waals surface area contributed by atoms with Crippen LogP contribution in [-0.2, 0) is 4.79 Å². The number of amides is 1. The van der Waals surface area contributed by atoms with Gasteiger partial charge in [-0.2, -0.15) is 0 Å². The number of ether oxygens (including phenoxy) is 2. The van der Waals surface area contributed by atoms with Gasteiger partial charge >= 0.3 is 0 Å². The smallest absolute Gasteiger partial charge is 0.231 e. The third-order valence-corrected chi connectivity index (χ3v) is 4.11.